The fourth-order valence-corrected chi connectivity index (χ4v) is 3.46. The minimum absolute atomic E-state index is 0.0701. The highest BCUT2D eigenvalue weighted by Gasteiger charge is 2.36. The van der Waals surface area contributed by atoms with Crippen LogP contribution in [0.25, 0.3) is 0 Å². The van der Waals surface area contributed by atoms with Crippen molar-refractivity contribution in [1.29, 1.82) is 0 Å². The monoisotopic (exact) mass is 317 g/mol. The lowest BCUT2D eigenvalue weighted by atomic mass is 9.81. The first kappa shape index (κ1) is 13.1. The summed E-state index contributed by atoms with van der Waals surface area (Å²) in [5, 5.41) is 9.87. The van der Waals surface area contributed by atoms with Gasteiger partial charge < -0.3 is 10.0 Å². The van der Waals surface area contributed by atoms with Crippen LogP contribution in [0, 0.1) is 5.41 Å². The third-order valence-corrected chi connectivity index (χ3v) is 4.86. The highest BCUT2D eigenvalue weighted by atomic mass is 79.9. The molecule has 0 saturated carbocycles. The maximum atomic E-state index is 12.2. The maximum Gasteiger partial charge on any atom is 0.263 e. The van der Waals surface area contributed by atoms with E-state index >= 15 is 0 Å². The van der Waals surface area contributed by atoms with E-state index in [0.29, 0.717) is 19.5 Å². The largest absolute Gasteiger partial charge is 0.392 e. The van der Waals surface area contributed by atoms with Crippen LogP contribution in [-0.4, -0.2) is 35.1 Å². The van der Waals surface area contributed by atoms with E-state index in [1.54, 1.807) is 0 Å². The van der Waals surface area contributed by atoms with Gasteiger partial charge in [0.05, 0.1) is 14.8 Å². The average molecular weight is 318 g/mol. The van der Waals surface area contributed by atoms with Gasteiger partial charge >= 0.3 is 0 Å². The Morgan fingerprint density at radius 2 is 2.29 bits per heavy atom. The molecule has 1 fully saturated rings. The quantitative estimate of drug-likeness (QED) is 0.865. The number of likely N-dealkylation sites (tertiary alicyclic amines) is 1. The summed E-state index contributed by atoms with van der Waals surface area (Å²) >= 11 is 4.82. The van der Waals surface area contributed by atoms with E-state index in [9.17, 15) is 9.90 Å². The molecule has 1 amide bonds. The number of piperidine rings is 1. The van der Waals surface area contributed by atoms with Crippen molar-refractivity contribution in [2.24, 2.45) is 5.41 Å². The molecule has 0 aliphatic carbocycles. The van der Waals surface area contributed by atoms with E-state index in [1.807, 2.05) is 30.9 Å². The molecule has 1 aliphatic rings. The summed E-state index contributed by atoms with van der Waals surface area (Å²) in [5.74, 6) is 0.0701. The van der Waals surface area contributed by atoms with Crippen molar-refractivity contribution in [1.82, 2.24) is 4.90 Å². The molecule has 0 spiro atoms. The van der Waals surface area contributed by atoms with Crippen LogP contribution in [0.1, 0.15) is 29.9 Å². The molecular weight excluding hydrogens is 302 g/mol. The van der Waals surface area contributed by atoms with Gasteiger partial charge in [0, 0.05) is 18.5 Å². The van der Waals surface area contributed by atoms with Crippen LogP contribution in [0.15, 0.2) is 15.9 Å². The molecule has 1 N–H and O–H groups in total. The Morgan fingerprint density at radius 3 is 2.82 bits per heavy atom. The zero-order valence-corrected chi connectivity index (χ0v) is 12.3. The van der Waals surface area contributed by atoms with E-state index in [4.69, 9.17) is 0 Å². The van der Waals surface area contributed by atoms with Crippen LogP contribution >= 0.6 is 27.3 Å². The first-order chi connectivity index (χ1) is 7.90. The number of nitrogens with zero attached hydrogens (tertiary/aromatic N) is 1. The second-order valence-corrected chi connectivity index (χ2v) is 7.59. The second kappa shape index (κ2) is 4.71. The summed E-state index contributed by atoms with van der Waals surface area (Å²) < 4.78 is 0.970. The van der Waals surface area contributed by atoms with Crippen LogP contribution in [0.5, 0.6) is 0 Å². The SMILES string of the molecule is CC1(C)CN(C(=O)c2ccc(Br)s2)CCC1O. The van der Waals surface area contributed by atoms with Gasteiger partial charge in [-0.3, -0.25) is 4.79 Å². The number of rotatable bonds is 1. The van der Waals surface area contributed by atoms with Crippen molar-refractivity contribution in [3.8, 4) is 0 Å². The van der Waals surface area contributed by atoms with Gasteiger partial charge in [0.25, 0.3) is 5.91 Å². The standard InChI is InChI=1S/C12H16BrNO2S/c1-12(2)7-14(6-5-9(12)15)11(16)8-3-4-10(13)17-8/h3-4,9,15H,5-7H2,1-2H3. The molecule has 1 saturated heterocycles. The number of aliphatic hydroxyl groups excluding tert-OH is 1. The number of thiophene rings is 1. The van der Waals surface area contributed by atoms with Gasteiger partial charge in [-0.25, -0.2) is 0 Å². The molecule has 1 aromatic heterocycles. The molecule has 3 nitrogen and oxygen atoms in total. The van der Waals surface area contributed by atoms with Crippen molar-refractivity contribution < 1.29 is 9.90 Å². The number of aliphatic hydroxyl groups is 1. The fourth-order valence-electron chi connectivity index (χ4n) is 2.10. The van der Waals surface area contributed by atoms with E-state index < -0.39 is 0 Å². The lowest BCUT2D eigenvalue weighted by Gasteiger charge is -2.41. The highest BCUT2D eigenvalue weighted by Crippen LogP contribution is 2.31. The van der Waals surface area contributed by atoms with Gasteiger partial charge in [-0.15, -0.1) is 11.3 Å². The number of carbonyl (C=O) groups is 1. The predicted molar refractivity (Wildman–Crippen MR) is 72.3 cm³/mol. The summed E-state index contributed by atoms with van der Waals surface area (Å²) in [6.07, 6.45) is 0.340. The summed E-state index contributed by atoms with van der Waals surface area (Å²) in [6, 6.07) is 3.73. The molecule has 17 heavy (non-hydrogen) atoms. The molecule has 2 rings (SSSR count). The summed E-state index contributed by atoms with van der Waals surface area (Å²) in [6.45, 7) is 5.25. The lowest BCUT2D eigenvalue weighted by molar-refractivity contribution is -0.0180. The molecule has 1 unspecified atom stereocenters. The lowest BCUT2D eigenvalue weighted by Crippen LogP contribution is -2.50. The van der Waals surface area contributed by atoms with Gasteiger partial charge in [-0.05, 0) is 34.5 Å². The Labute approximate surface area is 114 Å². The van der Waals surface area contributed by atoms with Gasteiger partial charge in [0.15, 0.2) is 0 Å². The van der Waals surface area contributed by atoms with E-state index in [2.05, 4.69) is 15.9 Å². The summed E-state index contributed by atoms with van der Waals surface area (Å²) in [7, 11) is 0. The van der Waals surface area contributed by atoms with Gasteiger partial charge in [-0.2, -0.15) is 0 Å². The van der Waals surface area contributed by atoms with Crippen molar-refractivity contribution in [3.05, 3.63) is 20.8 Å². The molecule has 1 aliphatic heterocycles. The Bertz CT molecular complexity index is 430. The van der Waals surface area contributed by atoms with Crippen molar-refractivity contribution in [2.75, 3.05) is 13.1 Å². The normalized spacial score (nSPS) is 23.8. The molecule has 0 bridgehead atoms. The Balaban J connectivity index is 2.11. The van der Waals surface area contributed by atoms with Crippen molar-refractivity contribution >= 4 is 33.2 Å². The second-order valence-electron chi connectivity index (χ2n) is 5.12. The van der Waals surface area contributed by atoms with Crippen LogP contribution in [0.4, 0.5) is 0 Å². The number of carbonyl (C=O) groups excluding carboxylic acids is 1. The Morgan fingerprint density at radius 1 is 1.59 bits per heavy atom. The highest BCUT2D eigenvalue weighted by molar-refractivity contribution is 9.11. The van der Waals surface area contributed by atoms with E-state index in [0.717, 1.165) is 8.66 Å². The van der Waals surface area contributed by atoms with Crippen LogP contribution < -0.4 is 0 Å². The average Bonchev–Trinajstić information content (AvgIpc) is 2.68. The maximum absolute atomic E-state index is 12.2. The van der Waals surface area contributed by atoms with E-state index in [-0.39, 0.29) is 17.4 Å². The molecule has 5 heteroatoms. The van der Waals surface area contributed by atoms with Crippen LogP contribution in [0.2, 0.25) is 0 Å². The first-order valence-electron chi connectivity index (χ1n) is 5.63. The molecular formula is C12H16BrNO2S. The Hall–Kier alpha value is -0.390. The predicted octanol–water partition coefficient (Wildman–Crippen LogP) is 2.74. The van der Waals surface area contributed by atoms with E-state index in [1.165, 1.54) is 11.3 Å². The molecule has 0 radical (unpaired) electrons. The van der Waals surface area contributed by atoms with Crippen LogP contribution in [-0.2, 0) is 0 Å². The summed E-state index contributed by atoms with van der Waals surface area (Å²) in [5.41, 5.74) is -0.220. The fraction of sp³-hybridized carbons (Fsp3) is 0.583. The van der Waals surface area contributed by atoms with Crippen molar-refractivity contribution in [2.45, 2.75) is 26.4 Å². The van der Waals surface area contributed by atoms with Gasteiger partial charge in [0.1, 0.15) is 0 Å². The molecule has 0 aromatic carbocycles. The molecule has 1 aromatic rings. The van der Waals surface area contributed by atoms with Crippen molar-refractivity contribution in [3.63, 3.8) is 0 Å². The number of amides is 1. The molecule has 2 heterocycles. The molecule has 94 valence electrons. The smallest absolute Gasteiger partial charge is 0.263 e. The third-order valence-electron chi connectivity index (χ3n) is 3.24. The minimum atomic E-state index is -0.318. The van der Waals surface area contributed by atoms with Gasteiger partial charge in [0.2, 0.25) is 0 Å². The Kier molecular flexibility index (Phi) is 3.61. The number of hydrogen-bond donors (Lipinski definition) is 1. The topological polar surface area (TPSA) is 40.5 Å². The zero-order chi connectivity index (χ0) is 12.6. The number of hydrogen-bond acceptors (Lipinski definition) is 3. The zero-order valence-electron chi connectivity index (χ0n) is 9.94. The summed E-state index contributed by atoms with van der Waals surface area (Å²) in [4.78, 5) is 14.8. The number of halogens is 1. The van der Waals surface area contributed by atoms with Gasteiger partial charge in [-0.1, -0.05) is 13.8 Å². The third kappa shape index (κ3) is 2.72. The molecule has 1 atom stereocenters. The van der Waals surface area contributed by atoms with Crippen LogP contribution in [0.3, 0.4) is 0 Å². The minimum Gasteiger partial charge on any atom is -0.392 e. The first-order valence-corrected chi connectivity index (χ1v) is 7.24.